The number of anilines is 1. The largest absolute Gasteiger partial charge is 0.423 e. The van der Waals surface area contributed by atoms with Gasteiger partial charge in [-0.3, -0.25) is 9.59 Å². The SMILES string of the molecule is Cc1ccc(OC(=O)CCl)c(N(C(=O)CCl)C2CCS(=O)(=O)C2)c1. The molecule has 0 aromatic heterocycles. The second kappa shape index (κ2) is 7.72. The van der Waals surface area contributed by atoms with Crippen molar-refractivity contribution in [3.63, 3.8) is 0 Å². The van der Waals surface area contributed by atoms with Gasteiger partial charge < -0.3 is 9.64 Å². The number of amides is 1. The number of ether oxygens (including phenoxy) is 1. The average molecular weight is 394 g/mol. The van der Waals surface area contributed by atoms with Crippen molar-refractivity contribution in [1.29, 1.82) is 0 Å². The molecule has 0 saturated carbocycles. The highest BCUT2D eigenvalue weighted by atomic mass is 35.5. The standard InChI is InChI=1S/C15H17Cl2NO5S/c1-10-2-3-13(23-15(20)8-17)12(6-10)18(14(19)7-16)11-4-5-24(21,22)9-11/h2-3,6,11H,4-5,7-9H2,1H3. The van der Waals surface area contributed by atoms with Crippen molar-refractivity contribution in [3.05, 3.63) is 23.8 Å². The summed E-state index contributed by atoms with van der Waals surface area (Å²) in [6, 6.07) is 4.38. The topological polar surface area (TPSA) is 80.8 Å². The highest BCUT2D eigenvalue weighted by Gasteiger charge is 2.36. The first-order valence-electron chi connectivity index (χ1n) is 7.23. The van der Waals surface area contributed by atoms with Crippen molar-refractivity contribution in [2.24, 2.45) is 0 Å². The molecule has 1 unspecified atom stereocenters. The number of carbonyl (C=O) groups excluding carboxylic acids is 2. The molecule has 1 aromatic carbocycles. The van der Waals surface area contributed by atoms with Crippen LogP contribution in [0.2, 0.25) is 0 Å². The van der Waals surface area contributed by atoms with E-state index >= 15 is 0 Å². The van der Waals surface area contributed by atoms with Crippen LogP contribution in [-0.2, 0) is 19.4 Å². The third kappa shape index (κ3) is 4.40. The van der Waals surface area contributed by atoms with E-state index in [0.29, 0.717) is 12.1 Å². The second-order valence-corrected chi connectivity index (χ2v) is 8.30. The van der Waals surface area contributed by atoms with Gasteiger partial charge in [0.25, 0.3) is 0 Å². The van der Waals surface area contributed by atoms with Crippen molar-refractivity contribution >= 4 is 50.6 Å². The summed E-state index contributed by atoms with van der Waals surface area (Å²) in [6.07, 6.45) is 0.307. The molecule has 1 amide bonds. The number of carbonyl (C=O) groups is 2. The van der Waals surface area contributed by atoms with Gasteiger partial charge in [0.1, 0.15) is 11.8 Å². The molecule has 132 valence electrons. The summed E-state index contributed by atoms with van der Waals surface area (Å²) in [4.78, 5) is 25.2. The molecule has 0 spiro atoms. The molecule has 1 atom stereocenters. The first-order valence-corrected chi connectivity index (χ1v) is 10.1. The summed E-state index contributed by atoms with van der Waals surface area (Å²) >= 11 is 11.2. The van der Waals surface area contributed by atoms with Crippen LogP contribution in [0.15, 0.2) is 18.2 Å². The highest BCUT2D eigenvalue weighted by Crippen LogP contribution is 2.34. The molecule has 1 aliphatic rings. The van der Waals surface area contributed by atoms with E-state index in [1.807, 2.05) is 6.92 Å². The van der Waals surface area contributed by atoms with Gasteiger partial charge in [0.2, 0.25) is 5.91 Å². The summed E-state index contributed by atoms with van der Waals surface area (Å²) in [7, 11) is -3.21. The van der Waals surface area contributed by atoms with E-state index in [0.717, 1.165) is 5.56 Å². The maximum Gasteiger partial charge on any atom is 0.326 e. The van der Waals surface area contributed by atoms with Crippen molar-refractivity contribution in [3.8, 4) is 5.75 Å². The van der Waals surface area contributed by atoms with Gasteiger partial charge in [0.05, 0.1) is 23.2 Å². The molecule has 0 N–H and O–H groups in total. The van der Waals surface area contributed by atoms with Crippen molar-refractivity contribution in [2.45, 2.75) is 19.4 Å². The maximum absolute atomic E-state index is 12.4. The van der Waals surface area contributed by atoms with Crippen LogP contribution < -0.4 is 9.64 Å². The molecule has 0 aliphatic carbocycles. The third-order valence-corrected chi connectivity index (χ3v) is 5.86. The van der Waals surface area contributed by atoms with Crippen LogP contribution >= 0.6 is 23.2 Å². The second-order valence-electron chi connectivity index (χ2n) is 5.53. The maximum atomic E-state index is 12.4. The quantitative estimate of drug-likeness (QED) is 0.433. The predicted molar refractivity (Wildman–Crippen MR) is 92.8 cm³/mol. The fraction of sp³-hybridized carbons (Fsp3) is 0.467. The van der Waals surface area contributed by atoms with Crippen LogP contribution in [0.4, 0.5) is 5.69 Å². The lowest BCUT2D eigenvalue weighted by Crippen LogP contribution is -2.42. The van der Waals surface area contributed by atoms with E-state index in [4.69, 9.17) is 27.9 Å². The zero-order chi connectivity index (χ0) is 17.9. The molecule has 1 saturated heterocycles. The van der Waals surface area contributed by atoms with Crippen molar-refractivity contribution < 1.29 is 22.7 Å². The lowest BCUT2D eigenvalue weighted by atomic mass is 10.1. The molecule has 2 rings (SSSR count). The molecular weight excluding hydrogens is 377 g/mol. The Morgan fingerprint density at radius 3 is 2.54 bits per heavy atom. The first-order chi connectivity index (χ1) is 11.3. The summed E-state index contributed by atoms with van der Waals surface area (Å²) in [5.74, 6) is -1.76. The minimum Gasteiger partial charge on any atom is -0.423 e. The lowest BCUT2D eigenvalue weighted by Gasteiger charge is -2.29. The van der Waals surface area contributed by atoms with Crippen LogP contribution in [0.3, 0.4) is 0 Å². The minimum atomic E-state index is -3.21. The first kappa shape index (κ1) is 19.0. The number of alkyl halides is 2. The smallest absolute Gasteiger partial charge is 0.326 e. The van der Waals surface area contributed by atoms with Crippen LogP contribution in [-0.4, -0.2) is 49.6 Å². The summed E-state index contributed by atoms with van der Waals surface area (Å²) in [5, 5.41) is 0. The van der Waals surface area contributed by atoms with E-state index in [-0.39, 0.29) is 29.0 Å². The van der Waals surface area contributed by atoms with Crippen LogP contribution in [0, 0.1) is 6.92 Å². The molecule has 1 fully saturated rings. The van der Waals surface area contributed by atoms with Gasteiger partial charge in [-0.25, -0.2) is 8.42 Å². The molecule has 1 heterocycles. The Balaban J connectivity index is 2.47. The summed E-state index contributed by atoms with van der Waals surface area (Å²) < 4.78 is 28.8. The molecule has 1 aliphatic heterocycles. The van der Waals surface area contributed by atoms with Gasteiger partial charge in [0, 0.05) is 0 Å². The molecule has 6 nitrogen and oxygen atoms in total. The summed E-state index contributed by atoms with van der Waals surface area (Å²) in [6.45, 7) is 1.81. The fourth-order valence-electron chi connectivity index (χ4n) is 2.63. The van der Waals surface area contributed by atoms with Gasteiger partial charge in [-0.2, -0.15) is 0 Å². The van der Waals surface area contributed by atoms with E-state index in [1.165, 1.54) is 4.90 Å². The molecule has 24 heavy (non-hydrogen) atoms. The Kier molecular flexibility index (Phi) is 6.11. The Hall–Kier alpha value is -1.31. The minimum absolute atomic E-state index is 0.00630. The number of hydrogen-bond donors (Lipinski definition) is 0. The zero-order valence-electron chi connectivity index (χ0n) is 13.0. The molecular formula is C15H17Cl2NO5S. The van der Waals surface area contributed by atoms with Gasteiger partial charge in [-0.15, -0.1) is 23.2 Å². The Morgan fingerprint density at radius 2 is 2.00 bits per heavy atom. The van der Waals surface area contributed by atoms with E-state index < -0.39 is 27.8 Å². The average Bonchev–Trinajstić information content (AvgIpc) is 2.89. The summed E-state index contributed by atoms with van der Waals surface area (Å²) in [5.41, 5.74) is 1.14. The molecule has 9 heteroatoms. The van der Waals surface area contributed by atoms with E-state index in [9.17, 15) is 18.0 Å². The number of aryl methyl sites for hydroxylation is 1. The molecule has 0 radical (unpaired) electrons. The highest BCUT2D eigenvalue weighted by molar-refractivity contribution is 7.91. The lowest BCUT2D eigenvalue weighted by molar-refractivity contribution is -0.131. The Bertz CT molecular complexity index is 750. The third-order valence-electron chi connectivity index (χ3n) is 3.66. The van der Waals surface area contributed by atoms with Crippen molar-refractivity contribution in [2.75, 3.05) is 28.2 Å². The number of benzene rings is 1. The van der Waals surface area contributed by atoms with Crippen LogP contribution in [0.1, 0.15) is 12.0 Å². The fourth-order valence-corrected chi connectivity index (χ4v) is 4.51. The molecule has 1 aromatic rings. The van der Waals surface area contributed by atoms with Gasteiger partial charge in [-0.05, 0) is 31.0 Å². The van der Waals surface area contributed by atoms with E-state index in [1.54, 1.807) is 18.2 Å². The van der Waals surface area contributed by atoms with Gasteiger partial charge in [-0.1, -0.05) is 6.07 Å². The Labute approximate surface area is 150 Å². The zero-order valence-corrected chi connectivity index (χ0v) is 15.3. The molecule has 0 bridgehead atoms. The van der Waals surface area contributed by atoms with Gasteiger partial charge >= 0.3 is 5.97 Å². The number of halogens is 2. The monoisotopic (exact) mass is 393 g/mol. The predicted octanol–water partition coefficient (Wildman–Crippen LogP) is 1.90. The van der Waals surface area contributed by atoms with Crippen LogP contribution in [0.5, 0.6) is 5.75 Å². The van der Waals surface area contributed by atoms with Crippen LogP contribution in [0.25, 0.3) is 0 Å². The number of nitrogens with zero attached hydrogens (tertiary/aromatic N) is 1. The number of rotatable bonds is 5. The number of sulfone groups is 1. The Morgan fingerprint density at radius 1 is 1.29 bits per heavy atom. The van der Waals surface area contributed by atoms with E-state index in [2.05, 4.69) is 0 Å². The van der Waals surface area contributed by atoms with Crippen molar-refractivity contribution in [1.82, 2.24) is 0 Å². The van der Waals surface area contributed by atoms with Gasteiger partial charge in [0.15, 0.2) is 15.6 Å². The normalized spacial score (nSPS) is 19.0. The number of esters is 1. The number of hydrogen-bond acceptors (Lipinski definition) is 5.